The van der Waals surface area contributed by atoms with Crippen LogP contribution in [0.2, 0.25) is 0 Å². The highest BCUT2D eigenvalue weighted by atomic mass is 15.1. The number of nitrogens with zero attached hydrogens (tertiary/aromatic N) is 3. The van der Waals surface area contributed by atoms with Crippen molar-refractivity contribution >= 4 is 38.9 Å². The number of allylic oxidation sites excluding steroid dienone is 1. The van der Waals surface area contributed by atoms with E-state index in [1.54, 1.807) is 0 Å². The number of imidazole rings is 1. The van der Waals surface area contributed by atoms with Crippen LogP contribution in [0.4, 0.5) is 0 Å². The van der Waals surface area contributed by atoms with Gasteiger partial charge in [-0.15, -0.1) is 0 Å². The maximum absolute atomic E-state index is 8.73. The number of rotatable bonds is 3. The van der Waals surface area contributed by atoms with Gasteiger partial charge in [0.2, 0.25) is 11.2 Å². The molecule has 2 aromatic heterocycles. The summed E-state index contributed by atoms with van der Waals surface area (Å²) in [7, 11) is 2.08. The van der Waals surface area contributed by atoms with E-state index in [0.29, 0.717) is 0 Å². The first-order valence-corrected chi connectivity index (χ1v) is 11.7. The van der Waals surface area contributed by atoms with Gasteiger partial charge in [0.25, 0.3) is 0 Å². The second-order valence-electron chi connectivity index (χ2n) is 9.61. The Morgan fingerprint density at radius 1 is 1.00 bits per heavy atom. The molecule has 1 aliphatic rings. The summed E-state index contributed by atoms with van der Waals surface area (Å²) in [5.41, 5.74) is 8.74. The van der Waals surface area contributed by atoms with Gasteiger partial charge in [-0.3, -0.25) is 0 Å². The Morgan fingerprint density at radius 3 is 2.58 bits per heavy atom. The molecule has 0 fully saturated rings. The molecular weight excluding hydrogens is 402 g/mol. The van der Waals surface area contributed by atoms with Gasteiger partial charge in [0, 0.05) is 38.3 Å². The minimum atomic E-state index is -1.41. The largest absolute Gasteiger partial charge is 0.302 e. The molecule has 6 rings (SSSR count). The number of hydrogen-bond acceptors (Lipinski definition) is 1. The number of benzene rings is 3. The molecule has 0 aliphatic carbocycles. The van der Waals surface area contributed by atoms with Crippen LogP contribution in [-0.2, 0) is 19.8 Å². The minimum Gasteiger partial charge on any atom is -0.302 e. The summed E-state index contributed by atoms with van der Waals surface area (Å²) in [5.74, 6) is 0.968. The monoisotopic (exact) mass is 434 g/mol. The quantitative estimate of drug-likeness (QED) is 0.288. The van der Waals surface area contributed by atoms with Crippen molar-refractivity contribution in [3.63, 3.8) is 0 Å². The van der Waals surface area contributed by atoms with Crippen molar-refractivity contribution in [1.29, 1.82) is 0 Å². The van der Waals surface area contributed by atoms with E-state index in [4.69, 9.17) is 7.73 Å². The summed E-state index contributed by atoms with van der Waals surface area (Å²) in [5, 5.41) is 3.42. The van der Waals surface area contributed by atoms with Crippen molar-refractivity contribution in [1.82, 2.24) is 9.55 Å². The Bertz CT molecular complexity index is 1710. The lowest BCUT2D eigenvalue weighted by Crippen LogP contribution is -2.32. The Kier molecular flexibility index (Phi) is 3.97. The smallest absolute Gasteiger partial charge is 0.215 e. The molecular formula is C30H30N3+. The molecule has 0 N–H and O–H groups in total. The zero-order valence-corrected chi connectivity index (χ0v) is 19.9. The Morgan fingerprint density at radius 2 is 1.79 bits per heavy atom. The van der Waals surface area contributed by atoms with Crippen LogP contribution >= 0.6 is 0 Å². The van der Waals surface area contributed by atoms with E-state index >= 15 is 0 Å². The molecule has 0 saturated carbocycles. The predicted molar refractivity (Wildman–Crippen MR) is 138 cm³/mol. The topological polar surface area (TPSA) is 21.7 Å². The van der Waals surface area contributed by atoms with Gasteiger partial charge >= 0.3 is 0 Å². The minimum absolute atomic E-state index is 0.120. The molecule has 0 bridgehead atoms. The van der Waals surface area contributed by atoms with Crippen molar-refractivity contribution in [2.45, 2.75) is 40.5 Å². The molecule has 0 spiro atoms. The van der Waals surface area contributed by atoms with Gasteiger partial charge in [-0.05, 0) is 54.3 Å². The van der Waals surface area contributed by atoms with Crippen molar-refractivity contribution in [3.05, 3.63) is 77.1 Å². The van der Waals surface area contributed by atoms with Crippen molar-refractivity contribution in [3.8, 4) is 11.3 Å². The summed E-state index contributed by atoms with van der Waals surface area (Å²) in [6.45, 7) is 8.24. The molecule has 0 unspecified atom stereocenters. The van der Waals surface area contributed by atoms with Crippen LogP contribution in [0.5, 0.6) is 0 Å². The van der Waals surface area contributed by atoms with Gasteiger partial charge in [0.05, 0.1) is 11.1 Å². The van der Waals surface area contributed by atoms with Crippen molar-refractivity contribution < 1.29 is 7.31 Å². The summed E-state index contributed by atoms with van der Waals surface area (Å²) >= 11 is 0. The lowest BCUT2D eigenvalue weighted by molar-refractivity contribution is -0.633. The number of fused-ring (bicyclic) bond motifs is 6. The molecule has 0 saturated heterocycles. The highest BCUT2D eigenvalue weighted by Gasteiger charge is 2.27. The number of aryl methyl sites for hydroxylation is 2. The van der Waals surface area contributed by atoms with Gasteiger partial charge in [0.1, 0.15) is 18.4 Å². The lowest BCUT2D eigenvalue weighted by atomic mass is 9.94. The summed E-state index contributed by atoms with van der Waals surface area (Å²) in [6.07, 6.45) is 1.69. The number of hydrogen-bond donors (Lipinski definition) is 0. The maximum Gasteiger partial charge on any atom is 0.215 e. The third kappa shape index (κ3) is 2.95. The maximum atomic E-state index is 8.73. The second kappa shape index (κ2) is 7.28. The van der Waals surface area contributed by atoms with Crippen LogP contribution in [0.3, 0.4) is 0 Å². The summed E-state index contributed by atoms with van der Waals surface area (Å²) in [4.78, 5) is 5.17. The van der Waals surface area contributed by atoms with Crippen LogP contribution in [0.1, 0.15) is 40.5 Å². The SMILES string of the molecule is [2H]C([2H])(c1cccc2c1ccc(-c1c(C)c3ccccc3c3c1nc1n3C=C(C)C1)[n+]2C)C(C)C. The van der Waals surface area contributed by atoms with Gasteiger partial charge in [-0.2, -0.15) is 4.57 Å². The molecule has 3 aromatic carbocycles. The van der Waals surface area contributed by atoms with E-state index in [2.05, 4.69) is 78.7 Å². The molecule has 0 amide bonds. The molecule has 3 heterocycles. The van der Waals surface area contributed by atoms with Crippen molar-refractivity contribution in [2.75, 3.05) is 0 Å². The predicted octanol–water partition coefficient (Wildman–Crippen LogP) is 6.76. The Hall–Kier alpha value is -3.46. The Balaban J connectivity index is 1.71. The molecule has 0 radical (unpaired) electrons. The normalized spacial score (nSPS) is 14.8. The third-order valence-electron chi connectivity index (χ3n) is 6.88. The first-order chi connectivity index (χ1) is 16.7. The number of aromatic nitrogens is 3. The Labute approximate surface area is 197 Å². The van der Waals surface area contributed by atoms with Gasteiger partial charge in [-0.1, -0.05) is 50.2 Å². The van der Waals surface area contributed by atoms with E-state index in [1.807, 2.05) is 26.0 Å². The third-order valence-corrected chi connectivity index (χ3v) is 6.88. The average molecular weight is 435 g/mol. The molecule has 1 aliphatic heterocycles. The van der Waals surface area contributed by atoms with Crippen LogP contribution in [0.15, 0.2) is 60.2 Å². The second-order valence-corrected chi connectivity index (χ2v) is 9.61. The van der Waals surface area contributed by atoms with Crippen LogP contribution in [0.25, 0.3) is 50.2 Å². The number of pyridine rings is 1. The van der Waals surface area contributed by atoms with E-state index in [1.165, 1.54) is 21.9 Å². The highest BCUT2D eigenvalue weighted by Crippen LogP contribution is 2.40. The first kappa shape index (κ1) is 18.0. The molecule has 3 nitrogen and oxygen atoms in total. The average Bonchev–Trinajstić information content (AvgIpc) is 3.36. The van der Waals surface area contributed by atoms with Gasteiger partial charge in [-0.25, -0.2) is 4.98 Å². The fourth-order valence-electron chi connectivity index (χ4n) is 5.44. The van der Waals surface area contributed by atoms with Crippen LogP contribution in [-0.4, -0.2) is 9.55 Å². The molecule has 5 aromatic rings. The zero-order chi connectivity index (χ0) is 24.6. The fraction of sp³-hybridized carbons (Fsp3) is 0.267. The summed E-state index contributed by atoms with van der Waals surface area (Å²) < 4.78 is 21.9. The zero-order valence-electron chi connectivity index (χ0n) is 21.9. The van der Waals surface area contributed by atoms with Crippen LogP contribution < -0.4 is 4.57 Å². The van der Waals surface area contributed by atoms with Gasteiger partial charge in [0.15, 0.2) is 0 Å². The van der Waals surface area contributed by atoms with E-state index < -0.39 is 6.37 Å². The lowest BCUT2D eigenvalue weighted by Gasteiger charge is -2.13. The standard InChI is InChI=1S/C30H30N3/c1-18(2)15-21-9-8-12-25-23(21)13-14-26(32(25)5)28-20(4)22-10-6-7-11-24(22)30-29(28)31-27-16-19(3)17-33(27)30/h6-14,17-18H,15-16H2,1-5H3/q+1/i15D2. The first-order valence-electron chi connectivity index (χ1n) is 12.7. The molecule has 164 valence electrons. The molecule has 3 heteroatoms. The molecule has 33 heavy (non-hydrogen) atoms. The van der Waals surface area contributed by atoms with E-state index in [-0.39, 0.29) is 5.92 Å². The van der Waals surface area contributed by atoms with E-state index in [0.717, 1.165) is 51.0 Å². The molecule has 0 atom stereocenters. The fourth-order valence-corrected chi connectivity index (χ4v) is 5.44. The van der Waals surface area contributed by atoms with Crippen LogP contribution in [0, 0.1) is 12.8 Å². The van der Waals surface area contributed by atoms with Crippen molar-refractivity contribution in [2.24, 2.45) is 13.0 Å². The van der Waals surface area contributed by atoms with Gasteiger partial charge < -0.3 is 4.57 Å². The van der Waals surface area contributed by atoms with E-state index in [9.17, 15) is 0 Å². The summed E-state index contributed by atoms with van der Waals surface area (Å²) in [6, 6.07) is 18.8. The highest BCUT2D eigenvalue weighted by molar-refractivity contribution is 6.13.